The molecular weight excluding hydrogens is 576 g/mol. The van der Waals surface area contributed by atoms with Crippen LogP contribution in [0.3, 0.4) is 0 Å². The van der Waals surface area contributed by atoms with Crippen molar-refractivity contribution < 1.29 is 18.4 Å². The van der Waals surface area contributed by atoms with Gasteiger partial charge in [-0.1, -0.05) is 121 Å². The highest BCUT2D eigenvalue weighted by molar-refractivity contribution is 6.13. The third-order valence-electron chi connectivity index (χ3n) is 7.88. The first-order chi connectivity index (χ1) is 22.6. The number of anilines is 2. The molecule has 8 nitrogen and oxygen atoms in total. The summed E-state index contributed by atoms with van der Waals surface area (Å²) in [5.74, 6) is -0.169. The number of hydrogen-bond donors (Lipinski definition) is 0. The molecular formula is C38H24N4O4. The highest BCUT2D eigenvalue weighted by Gasteiger charge is 2.40. The van der Waals surface area contributed by atoms with Crippen LogP contribution in [0.15, 0.2) is 130 Å². The van der Waals surface area contributed by atoms with Gasteiger partial charge in [-0.2, -0.15) is 10.5 Å². The largest absolute Gasteiger partial charge is 0.438 e. The zero-order valence-electron chi connectivity index (χ0n) is 24.4. The smallest absolute Gasteiger partial charge is 0.250 e. The first-order valence-corrected chi connectivity index (χ1v) is 14.5. The lowest BCUT2D eigenvalue weighted by Crippen LogP contribution is -2.54. The maximum atomic E-state index is 13.9. The molecule has 6 aromatic rings. The molecule has 7 rings (SSSR count). The van der Waals surface area contributed by atoms with Gasteiger partial charge in [-0.15, -0.1) is 0 Å². The molecule has 4 aromatic carbocycles. The molecule has 0 bridgehead atoms. The number of furan rings is 2. The topological polar surface area (TPSA) is 114 Å². The summed E-state index contributed by atoms with van der Waals surface area (Å²) >= 11 is 0. The number of benzene rings is 4. The van der Waals surface area contributed by atoms with E-state index < -0.39 is 24.9 Å². The molecule has 1 saturated heterocycles. The summed E-state index contributed by atoms with van der Waals surface area (Å²) in [7, 11) is 0. The Morgan fingerprint density at radius 2 is 0.783 bits per heavy atom. The average Bonchev–Trinajstić information content (AvgIpc) is 3.70. The lowest BCUT2D eigenvalue weighted by atomic mass is 9.98. The zero-order chi connectivity index (χ0) is 31.6. The van der Waals surface area contributed by atoms with Crippen molar-refractivity contribution in [2.45, 2.75) is 0 Å². The van der Waals surface area contributed by atoms with Gasteiger partial charge < -0.3 is 8.83 Å². The van der Waals surface area contributed by atoms with E-state index in [1.807, 2.05) is 121 Å². The van der Waals surface area contributed by atoms with E-state index >= 15 is 0 Å². The summed E-state index contributed by atoms with van der Waals surface area (Å²) in [5, 5.41) is 20.7. The van der Waals surface area contributed by atoms with Crippen LogP contribution < -0.4 is 9.80 Å². The van der Waals surface area contributed by atoms with Crippen LogP contribution in [0.4, 0.5) is 11.8 Å². The van der Waals surface area contributed by atoms with Gasteiger partial charge in [-0.25, -0.2) is 0 Å². The zero-order valence-corrected chi connectivity index (χ0v) is 24.4. The predicted octanol–water partition coefficient (Wildman–Crippen LogP) is 7.66. The summed E-state index contributed by atoms with van der Waals surface area (Å²) in [6.07, 6.45) is 0. The highest BCUT2D eigenvalue weighted by atomic mass is 16.4. The Labute approximate surface area is 264 Å². The lowest BCUT2D eigenvalue weighted by molar-refractivity contribution is -0.126. The lowest BCUT2D eigenvalue weighted by Gasteiger charge is -2.31. The highest BCUT2D eigenvalue weighted by Crippen LogP contribution is 2.45. The molecule has 1 aliphatic heterocycles. The minimum atomic E-state index is -0.494. The van der Waals surface area contributed by atoms with E-state index in [1.54, 1.807) is 0 Å². The van der Waals surface area contributed by atoms with E-state index in [1.165, 1.54) is 9.80 Å². The molecule has 1 fully saturated rings. The fraction of sp³-hybridized carbons (Fsp3) is 0.0526. The Morgan fingerprint density at radius 3 is 1.09 bits per heavy atom. The Balaban J connectivity index is 1.31. The minimum absolute atomic E-state index is 0.00638. The first kappa shape index (κ1) is 28.1. The van der Waals surface area contributed by atoms with E-state index in [4.69, 9.17) is 8.83 Å². The summed E-state index contributed by atoms with van der Waals surface area (Å²) < 4.78 is 12.6. The van der Waals surface area contributed by atoms with Gasteiger partial charge in [0.2, 0.25) is 23.6 Å². The maximum Gasteiger partial charge on any atom is 0.250 e. The summed E-state index contributed by atoms with van der Waals surface area (Å²) in [6.45, 7) is -0.840. The van der Waals surface area contributed by atoms with Crippen LogP contribution in [0.1, 0.15) is 11.1 Å². The number of carbonyl (C=O) groups excluding carboxylic acids is 2. The first-order valence-electron chi connectivity index (χ1n) is 14.5. The van der Waals surface area contributed by atoms with Crippen molar-refractivity contribution in [1.82, 2.24) is 0 Å². The van der Waals surface area contributed by atoms with Crippen LogP contribution in [0.25, 0.3) is 44.9 Å². The van der Waals surface area contributed by atoms with E-state index in [9.17, 15) is 20.1 Å². The Bertz CT molecular complexity index is 2000. The van der Waals surface area contributed by atoms with Crippen molar-refractivity contribution in [3.63, 3.8) is 0 Å². The van der Waals surface area contributed by atoms with Gasteiger partial charge in [0.05, 0.1) is 0 Å². The molecule has 0 atom stereocenters. The van der Waals surface area contributed by atoms with Crippen molar-refractivity contribution in [2.75, 3.05) is 22.9 Å². The number of hydrogen-bond acceptors (Lipinski definition) is 6. The van der Waals surface area contributed by atoms with E-state index in [0.29, 0.717) is 22.6 Å². The average molecular weight is 601 g/mol. The summed E-state index contributed by atoms with van der Waals surface area (Å²) in [4.78, 5) is 30.1. The van der Waals surface area contributed by atoms with Crippen molar-refractivity contribution in [1.29, 1.82) is 10.5 Å². The molecule has 2 amide bonds. The molecule has 1 aliphatic rings. The second-order valence-electron chi connectivity index (χ2n) is 10.6. The second kappa shape index (κ2) is 11.8. The van der Waals surface area contributed by atoms with Gasteiger partial charge in [0.15, 0.2) is 0 Å². The van der Waals surface area contributed by atoms with Crippen LogP contribution in [0.2, 0.25) is 0 Å². The van der Waals surface area contributed by atoms with E-state index in [0.717, 1.165) is 22.3 Å². The fourth-order valence-corrected chi connectivity index (χ4v) is 5.76. The van der Waals surface area contributed by atoms with E-state index in [2.05, 4.69) is 12.1 Å². The van der Waals surface area contributed by atoms with Crippen molar-refractivity contribution in [2.24, 2.45) is 0 Å². The second-order valence-corrected chi connectivity index (χ2v) is 10.6. The fourth-order valence-electron chi connectivity index (χ4n) is 5.76. The third-order valence-corrected chi connectivity index (χ3v) is 7.88. The molecule has 220 valence electrons. The molecule has 0 spiro atoms. The number of nitriles is 2. The number of rotatable bonds is 6. The monoisotopic (exact) mass is 600 g/mol. The summed E-state index contributed by atoms with van der Waals surface area (Å²) in [6, 6.07) is 41.7. The number of nitrogens with zero attached hydrogens (tertiary/aromatic N) is 4. The van der Waals surface area contributed by atoms with Gasteiger partial charge in [0.1, 0.15) is 47.9 Å². The van der Waals surface area contributed by atoms with E-state index in [-0.39, 0.29) is 22.9 Å². The van der Waals surface area contributed by atoms with Crippen LogP contribution in [0.5, 0.6) is 0 Å². The molecule has 0 N–H and O–H groups in total. The van der Waals surface area contributed by atoms with Gasteiger partial charge in [-0.3, -0.25) is 19.4 Å². The standard InChI is InChI=1S/C38H24N4O4/c39-21-29-33(25-13-5-1-6-14-25)35(27-17-9-3-10-18-27)45-37(29)41-23-32(44)42(24-31(41)43)38-30(22-40)34(26-15-7-2-8-16-26)36(46-38)28-19-11-4-12-20-28/h1-20H,23-24H2. The van der Waals surface area contributed by atoms with Crippen LogP contribution in [0, 0.1) is 22.7 Å². The van der Waals surface area contributed by atoms with Gasteiger partial charge >= 0.3 is 0 Å². The summed E-state index contributed by atoms with van der Waals surface area (Å²) in [5.41, 5.74) is 4.27. The number of amides is 2. The minimum Gasteiger partial charge on any atom is -0.438 e. The third kappa shape index (κ3) is 4.81. The molecule has 0 unspecified atom stereocenters. The van der Waals surface area contributed by atoms with Crippen molar-refractivity contribution >= 4 is 23.6 Å². The molecule has 0 radical (unpaired) electrons. The Hall–Kier alpha value is -6.64. The normalized spacial score (nSPS) is 13.0. The molecule has 0 aliphatic carbocycles. The Kier molecular flexibility index (Phi) is 7.22. The number of piperazine rings is 1. The van der Waals surface area contributed by atoms with Crippen molar-refractivity contribution in [3.05, 3.63) is 132 Å². The van der Waals surface area contributed by atoms with Crippen LogP contribution in [-0.4, -0.2) is 24.9 Å². The SMILES string of the molecule is N#Cc1c(N2CC(=O)N(c3oc(-c4ccccc4)c(-c4ccccc4)c3C#N)CC2=O)oc(-c2ccccc2)c1-c1ccccc1. The maximum absolute atomic E-state index is 13.9. The van der Waals surface area contributed by atoms with Gasteiger partial charge in [0.25, 0.3) is 0 Å². The number of carbonyl (C=O) groups is 2. The van der Waals surface area contributed by atoms with Crippen LogP contribution in [-0.2, 0) is 9.59 Å². The molecule has 0 saturated carbocycles. The quantitative estimate of drug-likeness (QED) is 0.194. The molecule has 8 heteroatoms. The predicted molar refractivity (Wildman–Crippen MR) is 173 cm³/mol. The van der Waals surface area contributed by atoms with Crippen molar-refractivity contribution in [3.8, 4) is 57.0 Å². The molecule has 3 heterocycles. The van der Waals surface area contributed by atoms with Gasteiger partial charge in [0, 0.05) is 22.3 Å². The molecule has 2 aromatic heterocycles. The van der Waals surface area contributed by atoms with Crippen LogP contribution >= 0.6 is 0 Å². The molecule has 46 heavy (non-hydrogen) atoms. The Morgan fingerprint density at radius 1 is 0.478 bits per heavy atom. The van der Waals surface area contributed by atoms with Gasteiger partial charge in [-0.05, 0) is 11.1 Å².